The standard InChI is InChI=1S/C26H30N8O2/c1-16-6-9-33(25(16)36)18-10-20-23(19(24(28)35)13-30-34(20)14-18)31-21-7-8-32(15-26(21,2)3)22-5-4-17(11-27)12-29-22/h4-5,10,12-14,16,21,31H,6-9,15H2,1-3H3,(H2,28,35). The molecule has 2 amide bonds. The molecular formula is C26H30N8O2. The number of amides is 2. The first-order valence-electron chi connectivity index (χ1n) is 12.2. The number of piperidine rings is 1. The lowest BCUT2D eigenvalue weighted by Crippen LogP contribution is -2.52. The quantitative estimate of drug-likeness (QED) is 0.567. The largest absolute Gasteiger partial charge is 0.379 e. The lowest BCUT2D eigenvalue weighted by molar-refractivity contribution is -0.119. The van der Waals surface area contributed by atoms with Crippen LogP contribution in [0.15, 0.2) is 36.8 Å². The monoisotopic (exact) mass is 486 g/mol. The summed E-state index contributed by atoms with van der Waals surface area (Å²) in [6, 6.07) is 7.71. The Morgan fingerprint density at radius 2 is 2.06 bits per heavy atom. The van der Waals surface area contributed by atoms with E-state index < -0.39 is 5.91 Å². The van der Waals surface area contributed by atoms with Crippen molar-refractivity contribution in [3.63, 3.8) is 0 Å². The molecule has 3 N–H and O–H groups in total. The Balaban J connectivity index is 1.44. The molecule has 2 aliphatic heterocycles. The van der Waals surface area contributed by atoms with Crippen LogP contribution in [-0.4, -0.2) is 52.1 Å². The number of primary amides is 1. The van der Waals surface area contributed by atoms with E-state index in [1.54, 1.807) is 21.7 Å². The van der Waals surface area contributed by atoms with Gasteiger partial charge in [-0.2, -0.15) is 10.4 Å². The third-order valence-corrected chi connectivity index (χ3v) is 7.42. The van der Waals surface area contributed by atoms with Gasteiger partial charge in [0.1, 0.15) is 11.9 Å². The summed E-state index contributed by atoms with van der Waals surface area (Å²) in [4.78, 5) is 33.4. The molecule has 10 heteroatoms. The van der Waals surface area contributed by atoms with E-state index in [9.17, 15) is 9.59 Å². The van der Waals surface area contributed by atoms with E-state index in [-0.39, 0.29) is 23.3 Å². The summed E-state index contributed by atoms with van der Waals surface area (Å²) >= 11 is 0. The molecule has 2 saturated heterocycles. The minimum atomic E-state index is -0.557. The summed E-state index contributed by atoms with van der Waals surface area (Å²) in [5.41, 5.74) is 8.52. The minimum Gasteiger partial charge on any atom is -0.379 e. The van der Waals surface area contributed by atoms with Crippen molar-refractivity contribution in [1.82, 2.24) is 14.6 Å². The molecule has 0 saturated carbocycles. The van der Waals surface area contributed by atoms with Crippen molar-refractivity contribution < 1.29 is 9.59 Å². The zero-order valence-electron chi connectivity index (χ0n) is 20.7. The Hall–Kier alpha value is -4.13. The van der Waals surface area contributed by atoms with E-state index in [1.807, 2.05) is 25.3 Å². The zero-order chi connectivity index (χ0) is 25.6. The third kappa shape index (κ3) is 4.11. The van der Waals surface area contributed by atoms with Crippen molar-refractivity contribution in [1.29, 1.82) is 5.26 Å². The highest BCUT2D eigenvalue weighted by atomic mass is 16.2. The van der Waals surface area contributed by atoms with Gasteiger partial charge < -0.3 is 20.9 Å². The fourth-order valence-electron chi connectivity index (χ4n) is 5.24. The fourth-order valence-corrected chi connectivity index (χ4v) is 5.24. The van der Waals surface area contributed by atoms with E-state index >= 15 is 0 Å². The Bertz CT molecular complexity index is 1370. The molecule has 0 spiro atoms. The van der Waals surface area contributed by atoms with Gasteiger partial charge in [0.25, 0.3) is 5.91 Å². The molecule has 2 atom stereocenters. The summed E-state index contributed by atoms with van der Waals surface area (Å²) in [5, 5.41) is 17.1. The molecular weight excluding hydrogens is 456 g/mol. The summed E-state index contributed by atoms with van der Waals surface area (Å²) in [7, 11) is 0. The second kappa shape index (κ2) is 8.82. The van der Waals surface area contributed by atoms with Gasteiger partial charge in [-0.25, -0.2) is 9.50 Å². The number of hydrogen-bond donors (Lipinski definition) is 2. The predicted octanol–water partition coefficient (Wildman–Crippen LogP) is 2.79. The fraction of sp³-hybridized carbons (Fsp3) is 0.423. The lowest BCUT2D eigenvalue weighted by Gasteiger charge is -2.45. The molecule has 2 fully saturated rings. The van der Waals surface area contributed by atoms with Crippen LogP contribution < -0.4 is 20.9 Å². The Labute approximate surface area is 209 Å². The van der Waals surface area contributed by atoms with E-state index in [0.29, 0.717) is 28.9 Å². The first-order valence-corrected chi connectivity index (χ1v) is 12.2. The molecule has 10 nitrogen and oxygen atoms in total. The first kappa shape index (κ1) is 23.6. The number of nitriles is 1. The second-order valence-electron chi connectivity index (χ2n) is 10.4. The maximum atomic E-state index is 12.6. The number of nitrogens with two attached hydrogens (primary N) is 1. The number of fused-ring (bicyclic) bond motifs is 1. The van der Waals surface area contributed by atoms with E-state index in [1.165, 1.54) is 6.20 Å². The van der Waals surface area contributed by atoms with Crippen molar-refractivity contribution >= 4 is 34.5 Å². The summed E-state index contributed by atoms with van der Waals surface area (Å²) in [6.45, 7) is 8.46. The Morgan fingerprint density at radius 1 is 1.25 bits per heavy atom. The van der Waals surface area contributed by atoms with Gasteiger partial charge in [0.05, 0.1) is 40.4 Å². The minimum absolute atomic E-state index is 0.00340. The van der Waals surface area contributed by atoms with Crippen LogP contribution in [0, 0.1) is 22.7 Å². The zero-order valence-corrected chi connectivity index (χ0v) is 20.7. The highest BCUT2D eigenvalue weighted by Gasteiger charge is 2.37. The number of hydrogen-bond acceptors (Lipinski definition) is 7. The maximum Gasteiger partial charge on any atom is 0.252 e. The number of carbonyl (C=O) groups is 2. The number of aromatic nitrogens is 3. The normalized spacial score (nSPS) is 21.6. The number of nitrogens with one attached hydrogen (secondary N) is 1. The molecule has 5 rings (SSSR count). The van der Waals surface area contributed by atoms with Gasteiger partial charge in [-0.05, 0) is 31.0 Å². The van der Waals surface area contributed by atoms with Crippen molar-refractivity contribution in [2.75, 3.05) is 34.8 Å². The van der Waals surface area contributed by atoms with Gasteiger partial charge in [-0.15, -0.1) is 0 Å². The van der Waals surface area contributed by atoms with Crippen LogP contribution in [0.2, 0.25) is 0 Å². The number of nitrogens with zero attached hydrogens (tertiary/aromatic N) is 6. The maximum absolute atomic E-state index is 12.6. The summed E-state index contributed by atoms with van der Waals surface area (Å²) in [5.74, 6) is 0.375. The average Bonchev–Trinajstić information content (AvgIpc) is 3.43. The molecule has 2 unspecified atom stereocenters. The van der Waals surface area contributed by atoms with Crippen LogP contribution in [0.1, 0.15) is 49.5 Å². The molecule has 0 aliphatic carbocycles. The van der Waals surface area contributed by atoms with Crippen LogP contribution in [0.3, 0.4) is 0 Å². The molecule has 0 aromatic carbocycles. The van der Waals surface area contributed by atoms with Gasteiger partial charge in [-0.3, -0.25) is 9.59 Å². The Kier molecular flexibility index (Phi) is 5.79. The molecule has 186 valence electrons. The van der Waals surface area contributed by atoms with Crippen molar-refractivity contribution in [2.45, 2.75) is 39.7 Å². The molecule has 2 aliphatic rings. The molecule has 0 bridgehead atoms. The van der Waals surface area contributed by atoms with Crippen LogP contribution >= 0.6 is 0 Å². The van der Waals surface area contributed by atoms with Crippen LogP contribution in [0.5, 0.6) is 0 Å². The SMILES string of the molecule is CC1CCN(c2cc3c(NC4CCN(c5ccc(C#N)cn5)CC4(C)C)c(C(N)=O)cnn3c2)C1=O. The smallest absolute Gasteiger partial charge is 0.252 e. The molecule has 3 aromatic rings. The van der Waals surface area contributed by atoms with Crippen LogP contribution in [0.4, 0.5) is 17.2 Å². The van der Waals surface area contributed by atoms with Gasteiger partial charge in [0.15, 0.2) is 0 Å². The number of anilines is 3. The molecule has 5 heterocycles. The third-order valence-electron chi connectivity index (χ3n) is 7.42. The summed E-state index contributed by atoms with van der Waals surface area (Å²) in [6.07, 6.45) is 6.52. The van der Waals surface area contributed by atoms with Gasteiger partial charge >= 0.3 is 0 Å². The number of carbonyl (C=O) groups excluding carboxylic acids is 2. The highest BCUT2D eigenvalue weighted by molar-refractivity contribution is 6.03. The van der Waals surface area contributed by atoms with E-state index in [0.717, 1.165) is 37.4 Å². The van der Waals surface area contributed by atoms with Crippen LogP contribution in [-0.2, 0) is 4.79 Å². The number of pyridine rings is 1. The Morgan fingerprint density at radius 3 is 2.67 bits per heavy atom. The molecule has 3 aromatic heterocycles. The summed E-state index contributed by atoms with van der Waals surface area (Å²) < 4.78 is 1.70. The van der Waals surface area contributed by atoms with E-state index in [4.69, 9.17) is 11.0 Å². The van der Waals surface area contributed by atoms with Gasteiger partial charge in [-0.1, -0.05) is 20.8 Å². The first-order chi connectivity index (χ1) is 17.2. The number of rotatable bonds is 5. The van der Waals surface area contributed by atoms with Crippen molar-refractivity contribution in [3.05, 3.63) is 47.9 Å². The van der Waals surface area contributed by atoms with Gasteiger partial charge in [0, 0.05) is 43.2 Å². The van der Waals surface area contributed by atoms with Gasteiger partial charge in [0.2, 0.25) is 5.91 Å². The molecule has 0 radical (unpaired) electrons. The topological polar surface area (TPSA) is 133 Å². The second-order valence-corrected chi connectivity index (χ2v) is 10.4. The predicted molar refractivity (Wildman–Crippen MR) is 137 cm³/mol. The van der Waals surface area contributed by atoms with Crippen molar-refractivity contribution in [2.24, 2.45) is 17.1 Å². The van der Waals surface area contributed by atoms with E-state index in [2.05, 4.69) is 40.2 Å². The highest BCUT2D eigenvalue weighted by Crippen LogP contribution is 2.37. The lowest BCUT2D eigenvalue weighted by atomic mass is 9.78. The molecule has 36 heavy (non-hydrogen) atoms. The average molecular weight is 487 g/mol. The van der Waals surface area contributed by atoms with Crippen LogP contribution in [0.25, 0.3) is 5.52 Å². The van der Waals surface area contributed by atoms with Crippen molar-refractivity contribution in [3.8, 4) is 6.07 Å².